The van der Waals surface area contributed by atoms with Gasteiger partial charge in [-0.25, -0.2) is 0 Å². The fourth-order valence-electron chi connectivity index (χ4n) is 4.70. The van der Waals surface area contributed by atoms with Crippen LogP contribution in [0.3, 0.4) is 0 Å². The van der Waals surface area contributed by atoms with Crippen molar-refractivity contribution < 1.29 is 24.1 Å². The lowest BCUT2D eigenvalue weighted by Crippen LogP contribution is -2.22. The summed E-state index contributed by atoms with van der Waals surface area (Å²) in [6.07, 6.45) is 18.7. The van der Waals surface area contributed by atoms with Crippen LogP contribution >= 0.6 is 0 Å². The van der Waals surface area contributed by atoms with Crippen molar-refractivity contribution in [1.82, 2.24) is 5.32 Å². The van der Waals surface area contributed by atoms with Crippen LogP contribution in [0, 0.1) is 0 Å². The molecule has 0 radical (unpaired) electrons. The quantitative estimate of drug-likeness (QED) is 0.0729. The van der Waals surface area contributed by atoms with Gasteiger partial charge in [-0.3, -0.25) is 9.79 Å². The van der Waals surface area contributed by atoms with Crippen molar-refractivity contribution in [2.75, 3.05) is 32.9 Å². The van der Waals surface area contributed by atoms with Crippen LogP contribution in [-0.4, -0.2) is 56.8 Å². The maximum Gasteiger partial charge on any atom is 0.157 e. The molecule has 0 aliphatic carbocycles. The number of carbonyl (C=O) groups is 1. The van der Waals surface area contributed by atoms with Crippen LogP contribution in [0.2, 0.25) is 0 Å². The number of benzene rings is 2. The predicted molar refractivity (Wildman–Crippen MR) is 166 cm³/mol. The van der Waals surface area contributed by atoms with Crippen molar-refractivity contribution in [2.45, 2.75) is 83.3 Å². The molecule has 1 atom stereocenters. The van der Waals surface area contributed by atoms with Crippen LogP contribution in [0.4, 0.5) is 0 Å². The topological polar surface area (TPSA) is 89.4 Å². The Balaban J connectivity index is 1.19. The molecule has 0 aromatic heterocycles. The van der Waals surface area contributed by atoms with E-state index in [-0.39, 0.29) is 12.0 Å². The number of nitrogens with zero attached hydrogens (tertiary/aromatic N) is 1. The van der Waals surface area contributed by atoms with E-state index in [2.05, 4.69) is 10.3 Å². The second-order valence-corrected chi connectivity index (χ2v) is 10.5. The van der Waals surface area contributed by atoms with Crippen molar-refractivity contribution in [2.24, 2.45) is 4.99 Å². The molecular formula is C34H48N2O5. The van der Waals surface area contributed by atoms with Gasteiger partial charge in [0, 0.05) is 43.3 Å². The van der Waals surface area contributed by atoms with Crippen LogP contribution in [0.25, 0.3) is 5.57 Å². The molecule has 1 unspecified atom stereocenters. The zero-order chi connectivity index (χ0) is 28.8. The lowest BCUT2D eigenvalue weighted by Gasteiger charge is -2.22. The molecule has 2 aromatic rings. The van der Waals surface area contributed by atoms with E-state index in [4.69, 9.17) is 14.2 Å². The van der Waals surface area contributed by atoms with E-state index in [0.29, 0.717) is 30.8 Å². The Morgan fingerprint density at radius 1 is 0.951 bits per heavy atom. The molecule has 1 heterocycles. The van der Waals surface area contributed by atoms with E-state index in [9.17, 15) is 9.90 Å². The van der Waals surface area contributed by atoms with Gasteiger partial charge in [0.2, 0.25) is 0 Å². The van der Waals surface area contributed by atoms with Crippen molar-refractivity contribution in [3.8, 4) is 11.5 Å². The number of aliphatic imine (C=N–C) groups is 1. The van der Waals surface area contributed by atoms with Gasteiger partial charge < -0.3 is 24.6 Å². The first-order chi connectivity index (χ1) is 20.3. The Morgan fingerprint density at radius 3 is 2.39 bits per heavy atom. The van der Waals surface area contributed by atoms with Gasteiger partial charge in [-0.15, -0.1) is 0 Å². The summed E-state index contributed by atoms with van der Waals surface area (Å²) in [4.78, 5) is 15.7. The maximum absolute atomic E-state index is 11.3. The van der Waals surface area contributed by atoms with Crippen LogP contribution in [0.15, 0.2) is 59.7 Å². The van der Waals surface area contributed by atoms with Gasteiger partial charge in [0.25, 0.3) is 0 Å². The number of aromatic hydroxyl groups is 1. The highest BCUT2D eigenvalue weighted by Crippen LogP contribution is 2.22. The molecule has 1 aliphatic heterocycles. The number of unbranched alkanes of at least 4 members (excludes halogenated alkanes) is 8. The predicted octanol–water partition coefficient (Wildman–Crippen LogP) is 7.07. The van der Waals surface area contributed by atoms with Gasteiger partial charge >= 0.3 is 0 Å². The third kappa shape index (κ3) is 13.8. The minimum absolute atomic E-state index is 0.0459. The standard InChI is InChI=1S/C34H48N2O5/c37-28-31(29-15-9-8-10-16-29)27-36-21-20-35-26-30-25-32(18-19-33(30)38)39-22-12-6-4-2-1-3-5-7-13-23-40-34-17-11-14-24-41-34/h8-10,15-16,18-19,25-28,34,36,38H,1-7,11-14,17,20-24H2. The lowest BCUT2D eigenvalue weighted by molar-refractivity contribution is -0.162. The summed E-state index contributed by atoms with van der Waals surface area (Å²) < 4.78 is 17.3. The third-order valence-electron chi connectivity index (χ3n) is 7.11. The van der Waals surface area contributed by atoms with Gasteiger partial charge in [-0.1, -0.05) is 75.3 Å². The number of hydrogen-bond acceptors (Lipinski definition) is 7. The summed E-state index contributed by atoms with van der Waals surface area (Å²) in [6.45, 7) is 3.43. The van der Waals surface area contributed by atoms with Crippen molar-refractivity contribution >= 4 is 18.1 Å². The molecule has 7 nitrogen and oxygen atoms in total. The lowest BCUT2D eigenvalue weighted by atomic mass is 10.1. The molecule has 41 heavy (non-hydrogen) atoms. The van der Waals surface area contributed by atoms with Crippen molar-refractivity contribution in [3.05, 3.63) is 65.9 Å². The molecule has 0 saturated carbocycles. The Hall–Kier alpha value is -3.16. The first-order valence-corrected chi connectivity index (χ1v) is 15.4. The minimum Gasteiger partial charge on any atom is -0.507 e. The number of aldehydes is 1. The summed E-state index contributed by atoms with van der Waals surface area (Å²) in [5.74, 6) is 0.912. The highest BCUT2D eigenvalue weighted by atomic mass is 16.7. The Morgan fingerprint density at radius 2 is 1.68 bits per heavy atom. The molecule has 3 rings (SSSR count). The number of carbonyl (C=O) groups excluding carboxylic acids is 1. The van der Waals surface area contributed by atoms with Crippen LogP contribution in [-0.2, 0) is 14.3 Å². The largest absolute Gasteiger partial charge is 0.507 e. The van der Waals surface area contributed by atoms with Crippen molar-refractivity contribution in [3.63, 3.8) is 0 Å². The van der Waals surface area contributed by atoms with E-state index in [1.807, 2.05) is 36.4 Å². The number of hydrogen-bond donors (Lipinski definition) is 2. The normalized spacial score (nSPS) is 15.7. The number of nitrogens with one attached hydrogen (secondary N) is 1. The monoisotopic (exact) mass is 564 g/mol. The Labute approximate surface area is 246 Å². The fraction of sp³-hybridized carbons (Fsp3) is 0.529. The number of ether oxygens (including phenoxy) is 3. The average Bonchev–Trinajstić information content (AvgIpc) is 3.01. The molecule has 224 valence electrons. The molecule has 1 aliphatic rings. The third-order valence-corrected chi connectivity index (χ3v) is 7.11. The first-order valence-electron chi connectivity index (χ1n) is 15.4. The molecule has 0 bridgehead atoms. The summed E-state index contributed by atoms with van der Waals surface area (Å²) in [5.41, 5.74) is 2.09. The van der Waals surface area contributed by atoms with E-state index < -0.39 is 0 Å². The second-order valence-electron chi connectivity index (χ2n) is 10.5. The van der Waals surface area contributed by atoms with Crippen LogP contribution in [0.1, 0.15) is 88.2 Å². The molecule has 0 spiro atoms. The Kier molecular flexibility index (Phi) is 16.3. The van der Waals surface area contributed by atoms with Crippen LogP contribution < -0.4 is 10.1 Å². The summed E-state index contributed by atoms with van der Waals surface area (Å²) in [6, 6.07) is 14.8. The first kappa shape index (κ1) is 32.4. The molecule has 7 heteroatoms. The van der Waals surface area contributed by atoms with Gasteiger partial charge in [0.1, 0.15) is 11.5 Å². The highest BCUT2D eigenvalue weighted by molar-refractivity contribution is 6.06. The molecule has 2 aromatic carbocycles. The van der Waals surface area contributed by atoms with Gasteiger partial charge in [-0.05, 0) is 55.9 Å². The molecular weight excluding hydrogens is 516 g/mol. The molecule has 1 fully saturated rings. The van der Waals surface area contributed by atoms with E-state index in [0.717, 1.165) is 50.1 Å². The maximum atomic E-state index is 11.3. The minimum atomic E-state index is 0.0459. The summed E-state index contributed by atoms with van der Waals surface area (Å²) in [5, 5.41) is 13.3. The van der Waals surface area contributed by atoms with E-state index in [1.54, 1.807) is 24.5 Å². The number of allylic oxidation sites excluding steroid dienone is 1. The van der Waals surface area contributed by atoms with Crippen LogP contribution in [0.5, 0.6) is 11.5 Å². The number of rotatable bonds is 21. The number of phenols is 1. The zero-order valence-electron chi connectivity index (χ0n) is 24.5. The van der Waals surface area contributed by atoms with Gasteiger partial charge in [0.05, 0.1) is 13.2 Å². The fourth-order valence-corrected chi connectivity index (χ4v) is 4.70. The van der Waals surface area contributed by atoms with Crippen molar-refractivity contribution in [1.29, 1.82) is 0 Å². The van der Waals surface area contributed by atoms with Gasteiger partial charge in [0.15, 0.2) is 12.6 Å². The smallest absolute Gasteiger partial charge is 0.157 e. The summed E-state index contributed by atoms with van der Waals surface area (Å²) in [7, 11) is 0. The molecule has 0 amide bonds. The average molecular weight is 565 g/mol. The summed E-state index contributed by atoms with van der Waals surface area (Å²) >= 11 is 0. The second kappa shape index (κ2) is 20.7. The molecule has 2 N–H and O–H groups in total. The number of phenolic OH excluding ortho intramolecular Hbond substituents is 1. The zero-order valence-corrected chi connectivity index (χ0v) is 24.5. The highest BCUT2D eigenvalue weighted by Gasteiger charge is 2.13. The van der Waals surface area contributed by atoms with E-state index in [1.165, 1.54) is 57.8 Å². The SMILES string of the molecule is O=CC(=CNCCN=Cc1cc(OCCCCCCCCCCCOC2CCCCO2)ccc1O)c1ccccc1. The van der Waals surface area contributed by atoms with Gasteiger partial charge in [-0.2, -0.15) is 0 Å². The molecule has 1 saturated heterocycles. The Bertz CT molecular complexity index is 1030. The van der Waals surface area contributed by atoms with E-state index >= 15 is 0 Å².